The lowest BCUT2D eigenvalue weighted by Crippen LogP contribution is -2.28. The van der Waals surface area contributed by atoms with E-state index in [1.165, 1.54) is 0 Å². The van der Waals surface area contributed by atoms with Crippen molar-refractivity contribution in [1.82, 2.24) is 0 Å². The van der Waals surface area contributed by atoms with E-state index in [-0.39, 0.29) is 0 Å². The molecule has 0 radical (unpaired) electrons. The van der Waals surface area contributed by atoms with Crippen LogP contribution in [0, 0.1) is 6.92 Å². The van der Waals surface area contributed by atoms with Crippen LogP contribution in [-0.2, 0) is 5.54 Å². The highest BCUT2D eigenvalue weighted by Crippen LogP contribution is 2.29. The van der Waals surface area contributed by atoms with Gasteiger partial charge in [-0.3, -0.25) is 0 Å². The van der Waals surface area contributed by atoms with Crippen molar-refractivity contribution in [3.63, 3.8) is 0 Å². The highest BCUT2D eigenvalue weighted by Gasteiger charge is 2.16. The fourth-order valence-electron chi connectivity index (χ4n) is 1.02. The minimum absolute atomic E-state index is 0.402. The zero-order valence-electron chi connectivity index (χ0n) is 7.99. The van der Waals surface area contributed by atoms with Gasteiger partial charge >= 0.3 is 0 Å². The maximum atomic E-state index is 5.99. The Morgan fingerprint density at radius 2 is 1.54 bits per heavy atom. The van der Waals surface area contributed by atoms with Crippen molar-refractivity contribution < 1.29 is 0 Å². The molecule has 0 aliphatic carbocycles. The lowest BCUT2D eigenvalue weighted by Gasteiger charge is -2.20. The molecule has 72 valence electrons. The summed E-state index contributed by atoms with van der Waals surface area (Å²) in [6.07, 6.45) is 0. The van der Waals surface area contributed by atoms with Crippen molar-refractivity contribution in [2.45, 2.75) is 26.3 Å². The summed E-state index contributed by atoms with van der Waals surface area (Å²) in [5, 5.41) is 1.34. The Balaban J connectivity index is 3.29. The first-order chi connectivity index (χ1) is 5.82. The normalized spacial score (nSPS) is 11.8. The summed E-state index contributed by atoms with van der Waals surface area (Å²) < 4.78 is 0. The van der Waals surface area contributed by atoms with Crippen LogP contribution in [0.15, 0.2) is 12.1 Å². The number of rotatable bonds is 1. The topological polar surface area (TPSA) is 26.0 Å². The molecule has 0 saturated heterocycles. The zero-order valence-corrected chi connectivity index (χ0v) is 9.50. The average molecular weight is 218 g/mol. The van der Waals surface area contributed by atoms with Crippen LogP contribution in [0.2, 0.25) is 10.0 Å². The van der Waals surface area contributed by atoms with E-state index in [1.54, 1.807) is 0 Å². The van der Waals surface area contributed by atoms with Gasteiger partial charge in [0.15, 0.2) is 0 Å². The summed E-state index contributed by atoms with van der Waals surface area (Å²) in [7, 11) is 0. The minimum Gasteiger partial charge on any atom is -0.322 e. The molecular formula is C10H13Cl2N. The van der Waals surface area contributed by atoms with E-state index in [1.807, 2.05) is 32.9 Å². The minimum atomic E-state index is -0.402. The smallest absolute Gasteiger partial charge is 0.0453 e. The molecule has 3 heteroatoms. The molecular weight excluding hydrogens is 205 g/mol. The second-order valence-corrected chi connectivity index (χ2v) is 4.60. The van der Waals surface area contributed by atoms with Crippen LogP contribution >= 0.6 is 23.2 Å². The number of nitrogens with two attached hydrogens (primary N) is 1. The predicted octanol–water partition coefficient (Wildman–Crippen LogP) is 3.50. The van der Waals surface area contributed by atoms with Gasteiger partial charge in [-0.25, -0.2) is 0 Å². The van der Waals surface area contributed by atoms with E-state index < -0.39 is 5.54 Å². The van der Waals surface area contributed by atoms with Gasteiger partial charge in [-0.2, -0.15) is 0 Å². The third-order valence-corrected chi connectivity index (χ3v) is 2.81. The molecule has 1 nitrogen and oxygen atoms in total. The first kappa shape index (κ1) is 10.8. The molecule has 1 rings (SSSR count). The van der Waals surface area contributed by atoms with Gasteiger partial charge < -0.3 is 5.73 Å². The third-order valence-electron chi connectivity index (χ3n) is 2.02. The number of hydrogen-bond acceptors (Lipinski definition) is 1. The summed E-state index contributed by atoms with van der Waals surface area (Å²) in [5.74, 6) is 0. The molecule has 1 aromatic carbocycles. The molecule has 2 N–H and O–H groups in total. The van der Waals surface area contributed by atoms with Crippen molar-refractivity contribution in [1.29, 1.82) is 0 Å². The van der Waals surface area contributed by atoms with E-state index in [0.29, 0.717) is 10.0 Å². The Labute approximate surface area is 88.8 Å². The molecule has 0 aliphatic rings. The van der Waals surface area contributed by atoms with Gasteiger partial charge in [0.1, 0.15) is 0 Å². The van der Waals surface area contributed by atoms with E-state index in [4.69, 9.17) is 28.9 Å². The van der Waals surface area contributed by atoms with E-state index >= 15 is 0 Å². The fourth-order valence-corrected chi connectivity index (χ4v) is 1.50. The first-order valence-corrected chi connectivity index (χ1v) is 4.83. The van der Waals surface area contributed by atoms with Gasteiger partial charge in [-0.1, -0.05) is 23.2 Å². The van der Waals surface area contributed by atoms with Crippen LogP contribution in [-0.4, -0.2) is 0 Å². The largest absolute Gasteiger partial charge is 0.322 e. The first-order valence-electron chi connectivity index (χ1n) is 4.07. The van der Waals surface area contributed by atoms with E-state index in [0.717, 1.165) is 11.1 Å². The van der Waals surface area contributed by atoms with Gasteiger partial charge in [0.2, 0.25) is 0 Å². The average Bonchev–Trinajstić information content (AvgIpc) is 1.97. The molecule has 13 heavy (non-hydrogen) atoms. The lowest BCUT2D eigenvalue weighted by atomic mass is 9.95. The molecule has 0 heterocycles. The Morgan fingerprint density at radius 3 is 1.85 bits per heavy atom. The van der Waals surface area contributed by atoms with Crippen molar-refractivity contribution >= 4 is 23.2 Å². The summed E-state index contributed by atoms with van der Waals surface area (Å²) in [6, 6.07) is 3.73. The van der Waals surface area contributed by atoms with Gasteiger partial charge in [-0.05, 0) is 44.0 Å². The molecule has 0 fully saturated rings. The molecule has 0 saturated carbocycles. The number of benzene rings is 1. The second kappa shape index (κ2) is 3.49. The van der Waals surface area contributed by atoms with Gasteiger partial charge in [0.25, 0.3) is 0 Å². The van der Waals surface area contributed by atoms with Crippen LogP contribution in [0.4, 0.5) is 0 Å². The molecule has 0 aromatic heterocycles. The fraction of sp³-hybridized carbons (Fsp3) is 0.400. The van der Waals surface area contributed by atoms with E-state index in [2.05, 4.69) is 0 Å². The number of hydrogen-bond donors (Lipinski definition) is 1. The third kappa shape index (κ3) is 2.37. The standard InChI is InChI=1S/C10H13Cl2N/c1-6-8(11)4-7(5-9(6)12)10(2,3)13/h4-5H,13H2,1-3H3. The maximum Gasteiger partial charge on any atom is 0.0453 e. The maximum absolute atomic E-state index is 5.99. The molecule has 1 aromatic rings. The molecule has 0 amide bonds. The second-order valence-electron chi connectivity index (χ2n) is 3.79. The highest BCUT2D eigenvalue weighted by atomic mass is 35.5. The van der Waals surface area contributed by atoms with Crippen LogP contribution in [0.25, 0.3) is 0 Å². The molecule has 0 unspecified atom stereocenters. The van der Waals surface area contributed by atoms with Crippen molar-refractivity contribution in [3.05, 3.63) is 33.3 Å². The quantitative estimate of drug-likeness (QED) is 0.766. The van der Waals surface area contributed by atoms with Gasteiger partial charge in [0, 0.05) is 15.6 Å². The zero-order chi connectivity index (χ0) is 10.2. The molecule has 0 spiro atoms. The van der Waals surface area contributed by atoms with Gasteiger partial charge in [-0.15, -0.1) is 0 Å². The van der Waals surface area contributed by atoms with Crippen LogP contribution < -0.4 is 5.73 Å². The summed E-state index contributed by atoms with van der Waals surface area (Å²) in [4.78, 5) is 0. The van der Waals surface area contributed by atoms with Crippen molar-refractivity contribution in [2.75, 3.05) is 0 Å². The van der Waals surface area contributed by atoms with Crippen LogP contribution in [0.1, 0.15) is 25.0 Å². The summed E-state index contributed by atoms with van der Waals surface area (Å²) >= 11 is 12.0. The Kier molecular flexibility index (Phi) is 2.91. The molecule has 0 bridgehead atoms. The van der Waals surface area contributed by atoms with Gasteiger partial charge in [0.05, 0.1) is 0 Å². The van der Waals surface area contributed by atoms with Crippen LogP contribution in [0.5, 0.6) is 0 Å². The monoisotopic (exact) mass is 217 g/mol. The van der Waals surface area contributed by atoms with E-state index in [9.17, 15) is 0 Å². The van der Waals surface area contributed by atoms with Crippen molar-refractivity contribution in [2.24, 2.45) is 5.73 Å². The number of halogens is 2. The molecule has 0 aliphatic heterocycles. The SMILES string of the molecule is Cc1c(Cl)cc(C(C)(C)N)cc1Cl. The van der Waals surface area contributed by atoms with Crippen molar-refractivity contribution in [3.8, 4) is 0 Å². The molecule has 0 atom stereocenters. The summed E-state index contributed by atoms with van der Waals surface area (Å²) in [6.45, 7) is 5.73. The lowest BCUT2D eigenvalue weighted by molar-refractivity contribution is 0.554. The highest BCUT2D eigenvalue weighted by molar-refractivity contribution is 6.36. The Morgan fingerprint density at radius 1 is 1.15 bits per heavy atom. The Hall–Kier alpha value is -0.240. The van der Waals surface area contributed by atoms with Crippen LogP contribution in [0.3, 0.4) is 0 Å². The Bertz CT molecular complexity index is 303. The predicted molar refractivity (Wildman–Crippen MR) is 58.4 cm³/mol. The summed E-state index contributed by atoms with van der Waals surface area (Å²) in [5.41, 5.74) is 7.38.